The number of ether oxygens (including phenoxy) is 4. The SMILES string of the molecule is C[C@@H]1CC[C@]2(C(=O)O[C@@H]3O[C@H](CO)[C@@H](O)[C@H](O)[C@H]3O)CC[C@]3(C)C(=CC[C@@H]4[C@@]5(C)CC[C@H](O[C@@H]6OC[C@H](O)[C@H](O)[C@H]6O)[C@@](C)(CO)[C@H]5CC[C@]43C)[C@H]2[C@]1(C)O. The minimum atomic E-state index is -1.73. The molecule has 9 N–H and O–H groups in total. The van der Waals surface area contributed by atoms with E-state index in [1.165, 1.54) is 0 Å². The van der Waals surface area contributed by atoms with Gasteiger partial charge in [0.05, 0.1) is 36.9 Å². The summed E-state index contributed by atoms with van der Waals surface area (Å²) in [5.41, 5.74) is -2.97. The zero-order valence-corrected chi connectivity index (χ0v) is 33.2. The Morgan fingerprint density at radius 2 is 1.51 bits per heavy atom. The smallest absolute Gasteiger partial charge is 0.315 e. The van der Waals surface area contributed by atoms with Crippen LogP contribution in [0.2, 0.25) is 0 Å². The molecule has 7 rings (SSSR count). The maximum atomic E-state index is 14.6. The van der Waals surface area contributed by atoms with E-state index in [4.69, 9.17) is 18.9 Å². The highest BCUT2D eigenvalue weighted by Gasteiger charge is 2.72. The van der Waals surface area contributed by atoms with E-state index in [1.54, 1.807) is 0 Å². The van der Waals surface area contributed by atoms with Gasteiger partial charge in [-0.1, -0.05) is 46.3 Å². The lowest BCUT2D eigenvalue weighted by Crippen LogP contribution is -2.69. The summed E-state index contributed by atoms with van der Waals surface area (Å²) in [4.78, 5) is 14.6. The van der Waals surface area contributed by atoms with Gasteiger partial charge in [0.2, 0.25) is 6.29 Å². The van der Waals surface area contributed by atoms with Crippen molar-refractivity contribution in [2.24, 2.45) is 50.7 Å². The molecule has 2 heterocycles. The van der Waals surface area contributed by atoms with E-state index in [1.807, 2.05) is 20.8 Å². The van der Waals surface area contributed by atoms with E-state index < -0.39 is 102 Å². The van der Waals surface area contributed by atoms with E-state index in [2.05, 4.69) is 26.8 Å². The molecule has 0 amide bonds. The van der Waals surface area contributed by atoms with Crippen molar-refractivity contribution in [1.82, 2.24) is 0 Å². The Bertz CT molecular complexity index is 1490. The highest BCUT2D eigenvalue weighted by atomic mass is 16.7. The zero-order chi connectivity index (χ0) is 40.3. The first kappa shape index (κ1) is 41.9. The third-order valence-electron chi connectivity index (χ3n) is 17.4. The molecule has 14 heteroatoms. The molecule has 4 saturated carbocycles. The van der Waals surface area contributed by atoms with E-state index in [0.29, 0.717) is 38.5 Å². The molecule has 0 aromatic carbocycles. The number of allylic oxidation sites excluding steroid dienone is 1. The highest BCUT2D eigenvalue weighted by molar-refractivity contribution is 5.79. The molecular formula is C41H66O14. The summed E-state index contributed by atoms with van der Waals surface area (Å²) in [5.74, 6) is -1.14. The van der Waals surface area contributed by atoms with E-state index in [0.717, 1.165) is 24.8 Å². The summed E-state index contributed by atoms with van der Waals surface area (Å²) in [6.45, 7) is 11.9. The first-order valence-corrected chi connectivity index (χ1v) is 20.5. The second kappa shape index (κ2) is 14.2. The molecule has 0 aromatic rings. The lowest BCUT2D eigenvalue weighted by molar-refractivity contribution is -0.313. The van der Waals surface area contributed by atoms with Gasteiger partial charge in [-0.05, 0) is 98.7 Å². The fraction of sp³-hybridized carbons (Fsp3) is 0.927. The minimum Gasteiger partial charge on any atom is -0.432 e. The first-order valence-electron chi connectivity index (χ1n) is 20.5. The number of esters is 1. The number of carbonyl (C=O) groups is 1. The summed E-state index contributed by atoms with van der Waals surface area (Å²) < 4.78 is 23.5. The number of carbonyl (C=O) groups excluding carboxylic acids is 1. The Morgan fingerprint density at radius 3 is 2.18 bits per heavy atom. The van der Waals surface area contributed by atoms with Crippen molar-refractivity contribution < 1.29 is 69.7 Å². The van der Waals surface area contributed by atoms with E-state index in [-0.39, 0.29) is 41.8 Å². The third kappa shape index (κ3) is 5.89. The molecule has 5 aliphatic carbocycles. The molecule has 314 valence electrons. The number of hydrogen-bond acceptors (Lipinski definition) is 14. The molecule has 0 radical (unpaired) electrons. The van der Waals surface area contributed by atoms with Crippen molar-refractivity contribution in [2.75, 3.05) is 19.8 Å². The fourth-order valence-electron chi connectivity index (χ4n) is 13.5. The Kier molecular flexibility index (Phi) is 10.8. The van der Waals surface area contributed by atoms with Gasteiger partial charge in [0.1, 0.15) is 42.7 Å². The topological polar surface area (TPSA) is 236 Å². The first-order chi connectivity index (χ1) is 25.7. The molecule has 7 aliphatic rings. The average Bonchev–Trinajstić information content (AvgIpc) is 3.14. The van der Waals surface area contributed by atoms with Crippen LogP contribution in [-0.2, 0) is 23.7 Å². The van der Waals surface area contributed by atoms with Gasteiger partial charge >= 0.3 is 5.97 Å². The van der Waals surface area contributed by atoms with Crippen molar-refractivity contribution in [2.45, 2.75) is 166 Å². The van der Waals surface area contributed by atoms with Gasteiger partial charge in [0.15, 0.2) is 6.29 Å². The van der Waals surface area contributed by atoms with Gasteiger partial charge in [0.25, 0.3) is 0 Å². The van der Waals surface area contributed by atoms with Crippen molar-refractivity contribution >= 4 is 5.97 Å². The lowest BCUT2D eigenvalue weighted by Gasteiger charge is -2.72. The molecule has 6 fully saturated rings. The molecule has 55 heavy (non-hydrogen) atoms. The van der Waals surface area contributed by atoms with Gasteiger partial charge in [-0.25, -0.2) is 0 Å². The predicted octanol–water partition coefficient (Wildman–Crippen LogP) is 0.899. The van der Waals surface area contributed by atoms with Crippen LogP contribution in [0.4, 0.5) is 0 Å². The normalized spacial score (nSPS) is 56.6. The molecule has 0 aromatic heterocycles. The Hall–Kier alpha value is -1.27. The largest absolute Gasteiger partial charge is 0.432 e. The zero-order valence-electron chi connectivity index (χ0n) is 33.2. The maximum absolute atomic E-state index is 14.6. The molecular weight excluding hydrogens is 716 g/mol. The van der Waals surface area contributed by atoms with Gasteiger partial charge in [-0.15, -0.1) is 0 Å². The van der Waals surface area contributed by atoms with Crippen molar-refractivity contribution in [3.05, 3.63) is 11.6 Å². The van der Waals surface area contributed by atoms with Gasteiger partial charge in [0, 0.05) is 11.3 Å². The summed E-state index contributed by atoms with van der Waals surface area (Å²) >= 11 is 0. The molecule has 2 saturated heterocycles. The minimum absolute atomic E-state index is 0.0469. The molecule has 0 spiro atoms. The van der Waals surface area contributed by atoms with Crippen molar-refractivity contribution in [3.63, 3.8) is 0 Å². The second-order valence-corrected chi connectivity index (χ2v) is 19.7. The van der Waals surface area contributed by atoms with E-state index >= 15 is 0 Å². The fourth-order valence-corrected chi connectivity index (χ4v) is 13.5. The third-order valence-corrected chi connectivity index (χ3v) is 17.4. The summed E-state index contributed by atoms with van der Waals surface area (Å²) in [6, 6.07) is 0. The Balaban J connectivity index is 1.20. The van der Waals surface area contributed by atoms with Crippen LogP contribution < -0.4 is 0 Å². The quantitative estimate of drug-likeness (QED) is 0.104. The summed E-state index contributed by atoms with van der Waals surface area (Å²) in [5, 5.41) is 96.0. The van der Waals surface area contributed by atoms with Crippen LogP contribution in [0.3, 0.4) is 0 Å². The Labute approximate surface area is 323 Å². The number of rotatable bonds is 6. The molecule has 2 aliphatic heterocycles. The summed E-state index contributed by atoms with van der Waals surface area (Å²) in [6.07, 6.45) is -5.44. The van der Waals surface area contributed by atoms with Crippen molar-refractivity contribution in [3.8, 4) is 0 Å². The van der Waals surface area contributed by atoms with Crippen LogP contribution in [0.15, 0.2) is 11.6 Å². The van der Waals surface area contributed by atoms with Crippen LogP contribution in [-0.4, -0.2) is 139 Å². The van der Waals surface area contributed by atoms with Crippen molar-refractivity contribution in [1.29, 1.82) is 0 Å². The van der Waals surface area contributed by atoms with Gasteiger partial charge in [-0.2, -0.15) is 0 Å². The average molecular weight is 783 g/mol. The number of aliphatic hydroxyl groups excluding tert-OH is 8. The van der Waals surface area contributed by atoms with Crippen LogP contribution in [0.1, 0.15) is 99.3 Å². The molecule has 0 bridgehead atoms. The maximum Gasteiger partial charge on any atom is 0.315 e. The van der Waals surface area contributed by atoms with Gasteiger partial charge < -0.3 is 64.9 Å². The summed E-state index contributed by atoms with van der Waals surface area (Å²) in [7, 11) is 0. The number of hydrogen-bond donors (Lipinski definition) is 9. The highest BCUT2D eigenvalue weighted by Crippen LogP contribution is 2.76. The van der Waals surface area contributed by atoms with Gasteiger partial charge in [-0.3, -0.25) is 4.79 Å². The predicted molar refractivity (Wildman–Crippen MR) is 194 cm³/mol. The monoisotopic (exact) mass is 782 g/mol. The van der Waals surface area contributed by atoms with Crippen LogP contribution in [0.5, 0.6) is 0 Å². The van der Waals surface area contributed by atoms with Crippen LogP contribution in [0.25, 0.3) is 0 Å². The number of aliphatic hydroxyl groups is 9. The second-order valence-electron chi connectivity index (χ2n) is 19.7. The molecule has 0 unspecified atom stereocenters. The lowest BCUT2D eigenvalue weighted by atomic mass is 9.33. The Morgan fingerprint density at radius 1 is 0.818 bits per heavy atom. The van der Waals surface area contributed by atoms with Crippen LogP contribution >= 0.6 is 0 Å². The van der Waals surface area contributed by atoms with E-state index in [9.17, 15) is 50.8 Å². The molecule has 14 nitrogen and oxygen atoms in total. The molecule has 20 atom stereocenters. The number of fused-ring (bicyclic) bond motifs is 7. The van der Waals surface area contributed by atoms with Crippen LogP contribution in [0, 0.1) is 50.7 Å². The standard InChI is InChI=1S/C41H66O14/c1-20-9-14-41(35(50)55-34-31(49)29(47)28(46)23(17-42)53-34)16-15-38(4)21(32(41)40(20,6)51)7-8-25-36(2)12-11-26(54-33-30(48)27(45)22(44)18-52-33)37(3,19-43)24(36)10-13-39(25,38)5/h7,20,22-34,42-49,51H,8-19H2,1-6H3/t20-,22+,23-,24+,25-,26+,27+,28-,29+,30-,31-,32+,33+,34+,36+,37+,38-,39-,40-,41+/m1/s1.